The summed E-state index contributed by atoms with van der Waals surface area (Å²) < 4.78 is 13.1. The first-order valence-electron chi connectivity index (χ1n) is 4.44. The summed E-state index contributed by atoms with van der Waals surface area (Å²) >= 11 is 5.75. The monoisotopic (exact) mass is 224 g/mol. The third kappa shape index (κ3) is 2.28. The van der Waals surface area contributed by atoms with Crippen LogP contribution in [0.5, 0.6) is 0 Å². The molecule has 0 unspecified atom stereocenters. The van der Waals surface area contributed by atoms with Gasteiger partial charge in [-0.2, -0.15) is 5.26 Å². The van der Waals surface area contributed by atoms with E-state index in [1.54, 1.807) is 13.0 Å². The number of benzene rings is 1. The van der Waals surface area contributed by atoms with Gasteiger partial charge in [-0.15, -0.1) is 0 Å². The molecule has 0 aliphatic heterocycles. The molecule has 0 aromatic heterocycles. The SMILES string of the molecule is CC/C(C#N)=C(/N)c1cccc(F)c1Cl. The van der Waals surface area contributed by atoms with E-state index in [0.717, 1.165) is 0 Å². The number of rotatable bonds is 2. The summed E-state index contributed by atoms with van der Waals surface area (Å²) in [5.41, 5.74) is 6.75. The van der Waals surface area contributed by atoms with Crippen LogP contribution in [0.1, 0.15) is 18.9 Å². The average molecular weight is 225 g/mol. The van der Waals surface area contributed by atoms with Gasteiger partial charge in [0.2, 0.25) is 0 Å². The molecule has 0 fully saturated rings. The summed E-state index contributed by atoms with van der Waals surface area (Å²) in [5, 5.41) is 8.75. The highest BCUT2D eigenvalue weighted by Crippen LogP contribution is 2.26. The molecule has 0 atom stereocenters. The second-order valence-electron chi connectivity index (χ2n) is 2.96. The summed E-state index contributed by atoms with van der Waals surface area (Å²) in [5.74, 6) is -0.537. The molecular formula is C11H10ClFN2. The van der Waals surface area contributed by atoms with Crippen molar-refractivity contribution < 1.29 is 4.39 Å². The molecule has 0 amide bonds. The van der Waals surface area contributed by atoms with E-state index >= 15 is 0 Å². The van der Waals surface area contributed by atoms with Crippen molar-refractivity contribution in [3.63, 3.8) is 0 Å². The Kier molecular flexibility index (Phi) is 3.70. The Morgan fingerprint density at radius 3 is 2.80 bits per heavy atom. The number of nitrogens with two attached hydrogens (primary N) is 1. The van der Waals surface area contributed by atoms with Crippen LogP contribution in [0.4, 0.5) is 4.39 Å². The summed E-state index contributed by atoms with van der Waals surface area (Å²) in [7, 11) is 0. The fourth-order valence-electron chi connectivity index (χ4n) is 1.20. The molecule has 2 N–H and O–H groups in total. The minimum Gasteiger partial charge on any atom is -0.397 e. The Balaban J connectivity index is 3.35. The molecule has 0 aliphatic carbocycles. The van der Waals surface area contributed by atoms with Crippen molar-refractivity contribution in [2.75, 3.05) is 0 Å². The van der Waals surface area contributed by atoms with Gasteiger partial charge in [-0.25, -0.2) is 4.39 Å². The van der Waals surface area contributed by atoms with Gasteiger partial charge in [0.05, 0.1) is 22.4 Å². The first-order chi connectivity index (χ1) is 7.11. The lowest BCUT2D eigenvalue weighted by atomic mass is 10.1. The number of hydrogen-bond acceptors (Lipinski definition) is 2. The van der Waals surface area contributed by atoms with Crippen molar-refractivity contribution in [2.24, 2.45) is 5.73 Å². The van der Waals surface area contributed by atoms with Gasteiger partial charge < -0.3 is 5.73 Å². The first kappa shape index (κ1) is 11.5. The third-order valence-corrected chi connectivity index (χ3v) is 2.44. The van der Waals surface area contributed by atoms with Gasteiger partial charge in [-0.3, -0.25) is 0 Å². The molecule has 15 heavy (non-hydrogen) atoms. The first-order valence-corrected chi connectivity index (χ1v) is 4.82. The molecule has 0 spiro atoms. The Bertz CT molecular complexity index is 446. The normalized spacial score (nSPS) is 11.9. The van der Waals surface area contributed by atoms with Crippen molar-refractivity contribution in [1.29, 1.82) is 5.26 Å². The van der Waals surface area contributed by atoms with E-state index in [-0.39, 0.29) is 10.7 Å². The Hall–Kier alpha value is -1.53. The molecule has 0 bridgehead atoms. The van der Waals surface area contributed by atoms with E-state index in [1.165, 1.54) is 12.1 Å². The largest absolute Gasteiger partial charge is 0.397 e. The standard InChI is InChI=1S/C11H10ClFN2/c1-2-7(6-14)11(15)8-4-3-5-9(13)10(8)12/h3-5H,2,15H2,1H3/b11-7-. The number of hydrogen-bond donors (Lipinski definition) is 1. The zero-order valence-electron chi connectivity index (χ0n) is 8.22. The molecule has 1 aromatic carbocycles. The Labute approximate surface area is 92.8 Å². The maximum atomic E-state index is 13.1. The molecule has 0 radical (unpaired) electrons. The van der Waals surface area contributed by atoms with Crippen LogP contribution in [0.2, 0.25) is 5.02 Å². The minimum absolute atomic E-state index is 0.0452. The summed E-state index contributed by atoms with van der Waals surface area (Å²) in [6, 6.07) is 6.32. The van der Waals surface area contributed by atoms with Crippen LogP contribution in [-0.2, 0) is 0 Å². The molecule has 1 aromatic rings. The van der Waals surface area contributed by atoms with Crippen molar-refractivity contribution in [3.8, 4) is 6.07 Å². The highest BCUT2D eigenvalue weighted by atomic mass is 35.5. The molecular weight excluding hydrogens is 215 g/mol. The second-order valence-corrected chi connectivity index (χ2v) is 3.34. The van der Waals surface area contributed by atoms with Gasteiger partial charge in [-0.05, 0) is 12.5 Å². The van der Waals surface area contributed by atoms with Crippen LogP contribution >= 0.6 is 11.6 Å². The van der Waals surface area contributed by atoms with E-state index in [2.05, 4.69) is 0 Å². The van der Waals surface area contributed by atoms with Crippen molar-refractivity contribution in [2.45, 2.75) is 13.3 Å². The molecule has 2 nitrogen and oxygen atoms in total. The molecule has 0 saturated heterocycles. The van der Waals surface area contributed by atoms with E-state index in [0.29, 0.717) is 17.6 Å². The lowest BCUT2D eigenvalue weighted by Gasteiger charge is -2.06. The van der Waals surface area contributed by atoms with Crippen LogP contribution in [0, 0.1) is 17.1 Å². The van der Waals surface area contributed by atoms with Crippen molar-refractivity contribution in [3.05, 3.63) is 40.2 Å². The topological polar surface area (TPSA) is 49.8 Å². The van der Waals surface area contributed by atoms with E-state index < -0.39 is 5.82 Å². The predicted octanol–water partition coefficient (Wildman–Crippen LogP) is 3.08. The molecule has 0 aliphatic rings. The summed E-state index contributed by atoms with van der Waals surface area (Å²) in [6.45, 7) is 1.80. The maximum absolute atomic E-state index is 13.1. The van der Waals surface area contributed by atoms with Gasteiger partial charge in [0.25, 0.3) is 0 Å². The van der Waals surface area contributed by atoms with Gasteiger partial charge in [0.1, 0.15) is 5.82 Å². The fourth-order valence-corrected chi connectivity index (χ4v) is 1.43. The number of allylic oxidation sites excluding steroid dienone is 1. The van der Waals surface area contributed by atoms with Crippen LogP contribution in [0.25, 0.3) is 5.70 Å². The number of nitrogens with zero attached hydrogens (tertiary/aromatic N) is 1. The van der Waals surface area contributed by atoms with Gasteiger partial charge >= 0.3 is 0 Å². The fraction of sp³-hybridized carbons (Fsp3) is 0.182. The smallest absolute Gasteiger partial charge is 0.142 e. The average Bonchev–Trinajstić information content (AvgIpc) is 2.23. The van der Waals surface area contributed by atoms with E-state index in [1.807, 2.05) is 6.07 Å². The maximum Gasteiger partial charge on any atom is 0.142 e. The lowest BCUT2D eigenvalue weighted by molar-refractivity contribution is 0.628. The quantitative estimate of drug-likeness (QED) is 0.785. The number of nitriles is 1. The second kappa shape index (κ2) is 4.81. The third-order valence-electron chi connectivity index (χ3n) is 2.06. The van der Waals surface area contributed by atoms with E-state index in [4.69, 9.17) is 22.6 Å². The lowest BCUT2D eigenvalue weighted by Crippen LogP contribution is -2.02. The molecule has 78 valence electrons. The predicted molar refractivity (Wildman–Crippen MR) is 58.4 cm³/mol. The minimum atomic E-state index is -0.537. The number of halogens is 2. The van der Waals surface area contributed by atoms with Gasteiger partial charge in [0, 0.05) is 5.56 Å². The Morgan fingerprint density at radius 2 is 2.27 bits per heavy atom. The Morgan fingerprint density at radius 1 is 1.60 bits per heavy atom. The molecule has 0 saturated carbocycles. The van der Waals surface area contributed by atoms with Gasteiger partial charge in [-0.1, -0.05) is 30.7 Å². The molecule has 4 heteroatoms. The van der Waals surface area contributed by atoms with Crippen molar-refractivity contribution >= 4 is 17.3 Å². The molecule has 1 rings (SSSR count). The van der Waals surface area contributed by atoms with Gasteiger partial charge in [0.15, 0.2) is 0 Å². The zero-order chi connectivity index (χ0) is 11.4. The van der Waals surface area contributed by atoms with Crippen LogP contribution in [-0.4, -0.2) is 0 Å². The summed E-state index contributed by atoms with van der Waals surface area (Å²) in [6.07, 6.45) is 0.495. The van der Waals surface area contributed by atoms with Crippen LogP contribution < -0.4 is 5.73 Å². The van der Waals surface area contributed by atoms with Crippen molar-refractivity contribution in [1.82, 2.24) is 0 Å². The van der Waals surface area contributed by atoms with E-state index in [9.17, 15) is 4.39 Å². The zero-order valence-corrected chi connectivity index (χ0v) is 8.98. The van der Waals surface area contributed by atoms with Crippen LogP contribution in [0.15, 0.2) is 23.8 Å². The highest BCUT2D eigenvalue weighted by molar-refractivity contribution is 6.32. The van der Waals surface area contributed by atoms with Crippen LogP contribution in [0.3, 0.4) is 0 Å². The summed E-state index contributed by atoms with van der Waals surface area (Å²) in [4.78, 5) is 0. The highest BCUT2D eigenvalue weighted by Gasteiger charge is 2.10. The molecule has 0 heterocycles.